The molecule has 0 saturated carbocycles. The zero-order valence-corrected chi connectivity index (χ0v) is 16.9. The highest BCUT2D eigenvalue weighted by Gasteiger charge is 2.21. The van der Waals surface area contributed by atoms with Crippen LogP contribution in [0.2, 0.25) is 0 Å². The van der Waals surface area contributed by atoms with E-state index in [0.717, 1.165) is 10.9 Å². The van der Waals surface area contributed by atoms with Crippen LogP contribution in [-0.4, -0.2) is 23.0 Å². The number of aromatic nitrogens is 2. The maximum absolute atomic E-state index is 13.9. The Morgan fingerprint density at radius 1 is 1.17 bits per heavy atom. The smallest absolute Gasteiger partial charge is 0.287 e. The van der Waals surface area contributed by atoms with Crippen LogP contribution in [0.25, 0.3) is 11.0 Å². The molecule has 0 spiro atoms. The van der Waals surface area contributed by atoms with Crippen molar-refractivity contribution in [1.82, 2.24) is 15.3 Å². The minimum atomic E-state index is -0.479. The summed E-state index contributed by atoms with van der Waals surface area (Å²) in [6.45, 7) is 0.158. The molecule has 0 aliphatic carbocycles. The summed E-state index contributed by atoms with van der Waals surface area (Å²) in [6, 6.07) is 13.8. The molecule has 0 saturated heterocycles. The summed E-state index contributed by atoms with van der Waals surface area (Å²) in [6.07, 6.45) is 3.34. The van der Waals surface area contributed by atoms with Crippen LogP contribution in [0.15, 0.2) is 70.5 Å². The first-order valence-electron chi connectivity index (χ1n) is 9.16. The number of rotatable bonds is 7. The van der Waals surface area contributed by atoms with Gasteiger partial charge in [-0.1, -0.05) is 36.0 Å². The van der Waals surface area contributed by atoms with E-state index in [1.54, 1.807) is 24.5 Å². The average Bonchev–Trinajstić information content (AvgIpc) is 3.15. The quantitative estimate of drug-likeness (QED) is 0.346. The minimum absolute atomic E-state index is 0.157. The van der Waals surface area contributed by atoms with Crippen LogP contribution in [0.5, 0.6) is 5.75 Å². The third-order valence-electron chi connectivity index (χ3n) is 4.46. The molecule has 4 aromatic rings. The van der Waals surface area contributed by atoms with Crippen molar-refractivity contribution in [1.29, 1.82) is 0 Å². The molecule has 2 aromatic heterocycles. The topological polar surface area (TPSA) is 77.2 Å². The van der Waals surface area contributed by atoms with E-state index in [0.29, 0.717) is 22.1 Å². The molecular formula is C22H18FN3O3S. The Kier molecular flexibility index (Phi) is 5.94. The van der Waals surface area contributed by atoms with Crippen molar-refractivity contribution < 1.29 is 18.3 Å². The molecule has 1 N–H and O–H groups in total. The number of thioether (sulfide) groups is 1. The number of nitrogens with zero attached hydrogens (tertiary/aromatic N) is 2. The van der Waals surface area contributed by atoms with Crippen molar-refractivity contribution in [2.75, 3.05) is 7.11 Å². The van der Waals surface area contributed by atoms with Crippen LogP contribution in [0.4, 0.5) is 4.39 Å². The molecule has 0 aliphatic heterocycles. The number of nitrogens with one attached hydrogen (secondary N) is 1. The molecule has 0 aliphatic rings. The highest BCUT2D eigenvalue weighted by atomic mass is 32.2. The molecule has 2 aromatic carbocycles. The highest BCUT2D eigenvalue weighted by molar-refractivity contribution is 7.98. The van der Waals surface area contributed by atoms with Crippen molar-refractivity contribution in [2.45, 2.75) is 17.5 Å². The molecule has 152 valence electrons. The Morgan fingerprint density at radius 2 is 1.97 bits per heavy atom. The van der Waals surface area contributed by atoms with Gasteiger partial charge in [0, 0.05) is 35.6 Å². The average molecular weight is 423 g/mol. The van der Waals surface area contributed by atoms with E-state index >= 15 is 0 Å². The van der Waals surface area contributed by atoms with Gasteiger partial charge in [-0.25, -0.2) is 14.4 Å². The van der Waals surface area contributed by atoms with Crippen LogP contribution in [0.3, 0.4) is 0 Å². The van der Waals surface area contributed by atoms with Crippen LogP contribution in [-0.2, 0) is 12.3 Å². The number of carbonyl (C=O) groups is 1. The molecule has 0 atom stereocenters. The molecular weight excluding hydrogens is 405 g/mol. The number of halogens is 1. The van der Waals surface area contributed by atoms with Gasteiger partial charge in [0.1, 0.15) is 5.58 Å². The molecule has 30 heavy (non-hydrogen) atoms. The largest absolute Gasteiger partial charge is 0.494 e. The van der Waals surface area contributed by atoms with E-state index in [1.807, 2.05) is 24.3 Å². The summed E-state index contributed by atoms with van der Waals surface area (Å²) in [5, 5.41) is 4.28. The molecule has 0 unspecified atom stereocenters. The predicted molar refractivity (Wildman–Crippen MR) is 112 cm³/mol. The van der Waals surface area contributed by atoms with E-state index in [4.69, 9.17) is 9.15 Å². The summed E-state index contributed by atoms with van der Waals surface area (Å²) in [5.74, 6) is 0.0133. The van der Waals surface area contributed by atoms with Crippen LogP contribution >= 0.6 is 11.8 Å². The standard InChI is InChI=1S/C22H18FN3O3S/c1-28-19-8-7-14(11-17(19)23)12-26-21(27)20-16(13-30-22-24-9-4-10-25-22)15-5-2-3-6-18(15)29-20/h2-11H,12-13H2,1H3,(H,26,27). The molecule has 0 fully saturated rings. The third-order valence-corrected chi connectivity index (χ3v) is 5.36. The lowest BCUT2D eigenvalue weighted by Gasteiger charge is -2.07. The monoisotopic (exact) mass is 423 g/mol. The van der Waals surface area contributed by atoms with E-state index < -0.39 is 5.82 Å². The second-order valence-corrected chi connectivity index (χ2v) is 7.32. The summed E-state index contributed by atoms with van der Waals surface area (Å²) >= 11 is 1.42. The van der Waals surface area contributed by atoms with Crippen LogP contribution < -0.4 is 10.1 Å². The van der Waals surface area contributed by atoms with Gasteiger partial charge in [-0.3, -0.25) is 4.79 Å². The Morgan fingerprint density at radius 3 is 2.73 bits per heavy atom. The lowest BCUT2D eigenvalue weighted by molar-refractivity contribution is 0.0924. The normalized spacial score (nSPS) is 10.9. The first-order chi connectivity index (χ1) is 14.7. The zero-order chi connectivity index (χ0) is 20.9. The highest BCUT2D eigenvalue weighted by Crippen LogP contribution is 2.31. The molecule has 0 radical (unpaired) electrons. The Bertz CT molecular complexity index is 1180. The molecule has 2 heterocycles. The summed E-state index contributed by atoms with van der Waals surface area (Å²) < 4.78 is 24.6. The maximum atomic E-state index is 13.9. The fourth-order valence-electron chi connectivity index (χ4n) is 3.00. The first kappa shape index (κ1) is 19.9. The number of furan rings is 1. The second kappa shape index (κ2) is 8.96. The number of amides is 1. The number of ether oxygens (including phenoxy) is 1. The second-order valence-electron chi connectivity index (χ2n) is 6.38. The lowest BCUT2D eigenvalue weighted by Crippen LogP contribution is -2.23. The van der Waals surface area contributed by atoms with Gasteiger partial charge in [-0.2, -0.15) is 0 Å². The molecule has 8 heteroatoms. The van der Waals surface area contributed by atoms with Gasteiger partial charge in [0.15, 0.2) is 22.5 Å². The van der Waals surface area contributed by atoms with Crippen LogP contribution in [0, 0.1) is 5.82 Å². The third kappa shape index (κ3) is 4.28. The first-order valence-corrected chi connectivity index (χ1v) is 10.1. The number of methoxy groups -OCH3 is 1. The van der Waals surface area contributed by atoms with Gasteiger partial charge < -0.3 is 14.5 Å². The van der Waals surface area contributed by atoms with E-state index in [9.17, 15) is 9.18 Å². The van der Waals surface area contributed by atoms with Crippen molar-refractivity contribution in [3.05, 3.63) is 83.6 Å². The van der Waals surface area contributed by atoms with E-state index in [2.05, 4.69) is 15.3 Å². The van der Waals surface area contributed by atoms with Gasteiger partial charge in [-0.15, -0.1) is 0 Å². The summed E-state index contributed by atoms with van der Waals surface area (Å²) in [4.78, 5) is 21.3. The number of para-hydroxylation sites is 1. The van der Waals surface area contributed by atoms with Gasteiger partial charge in [0.2, 0.25) is 0 Å². The number of benzene rings is 2. The predicted octanol–water partition coefficient (Wildman–Crippen LogP) is 4.59. The minimum Gasteiger partial charge on any atom is -0.494 e. The van der Waals surface area contributed by atoms with E-state index in [1.165, 1.54) is 31.0 Å². The van der Waals surface area contributed by atoms with Gasteiger partial charge in [0.05, 0.1) is 7.11 Å². The van der Waals surface area contributed by atoms with Crippen molar-refractivity contribution in [2.24, 2.45) is 0 Å². The summed E-state index contributed by atoms with van der Waals surface area (Å²) in [5.41, 5.74) is 2.01. The van der Waals surface area contributed by atoms with Crippen molar-refractivity contribution in [3.63, 3.8) is 0 Å². The Balaban J connectivity index is 1.55. The number of carbonyl (C=O) groups excluding carboxylic acids is 1. The summed E-state index contributed by atoms with van der Waals surface area (Å²) in [7, 11) is 1.40. The van der Waals surface area contributed by atoms with Crippen molar-refractivity contribution >= 4 is 28.6 Å². The fourth-order valence-corrected chi connectivity index (χ4v) is 3.84. The molecule has 1 amide bonds. The zero-order valence-electron chi connectivity index (χ0n) is 16.1. The molecule has 6 nitrogen and oxygen atoms in total. The molecule has 0 bridgehead atoms. The van der Waals surface area contributed by atoms with Gasteiger partial charge in [0.25, 0.3) is 5.91 Å². The fraction of sp³-hybridized carbons (Fsp3) is 0.136. The number of fused-ring (bicyclic) bond motifs is 1. The van der Waals surface area contributed by atoms with Gasteiger partial charge in [-0.05, 0) is 29.8 Å². The van der Waals surface area contributed by atoms with Crippen molar-refractivity contribution in [3.8, 4) is 5.75 Å². The number of hydrogen-bond donors (Lipinski definition) is 1. The van der Waals surface area contributed by atoms with Gasteiger partial charge >= 0.3 is 0 Å². The molecule has 4 rings (SSSR count). The van der Waals surface area contributed by atoms with E-state index in [-0.39, 0.29) is 24.0 Å². The Labute approximate surface area is 176 Å². The maximum Gasteiger partial charge on any atom is 0.287 e. The Hall–Kier alpha value is -3.39. The SMILES string of the molecule is COc1ccc(CNC(=O)c2oc3ccccc3c2CSc2ncccn2)cc1F. The lowest BCUT2D eigenvalue weighted by atomic mass is 10.1. The van der Waals surface area contributed by atoms with Crippen LogP contribution in [0.1, 0.15) is 21.7 Å². The number of hydrogen-bond acceptors (Lipinski definition) is 6.